The van der Waals surface area contributed by atoms with Crippen LogP contribution < -0.4 is 20.9 Å². The Morgan fingerprint density at radius 3 is 2.39 bits per heavy atom. The Bertz CT molecular complexity index is 1110. The summed E-state index contributed by atoms with van der Waals surface area (Å²) in [6, 6.07) is 9.92. The van der Waals surface area contributed by atoms with Crippen molar-refractivity contribution in [3.05, 3.63) is 66.4 Å². The largest absolute Gasteiger partial charge is 0.452 e. The maximum absolute atomic E-state index is 13.6. The predicted octanol–water partition coefficient (Wildman–Crippen LogP) is 3.43. The van der Waals surface area contributed by atoms with Crippen molar-refractivity contribution in [2.24, 2.45) is 5.73 Å². The number of aromatic nitrogens is 2. The van der Waals surface area contributed by atoms with Gasteiger partial charge in [-0.15, -0.1) is 0 Å². The van der Waals surface area contributed by atoms with Crippen molar-refractivity contribution in [3.8, 4) is 0 Å². The second-order valence-corrected chi connectivity index (χ2v) is 6.57. The second kappa shape index (κ2) is 9.08. The Labute approximate surface area is 178 Å². The predicted molar refractivity (Wildman–Crippen MR) is 116 cm³/mol. The molecule has 2 amide bonds. The number of ether oxygens (including phenoxy) is 1. The summed E-state index contributed by atoms with van der Waals surface area (Å²) in [6.07, 6.45) is 3.43. The molecule has 10 heteroatoms. The molecule has 0 fully saturated rings. The Balaban J connectivity index is 1.88. The molecule has 160 valence electrons. The van der Waals surface area contributed by atoms with Gasteiger partial charge in [0.05, 0.1) is 36.4 Å². The summed E-state index contributed by atoms with van der Waals surface area (Å²) in [7, 11) is 4.58. The minimum atomic E-state index is -0.666. The molecule has 0 atom stereocenters. The average Bonchev–Trinajstić information content (AvgIpc) is 2.77. The molecule has 0 aliphatic rings. The maximum atomic E-state index is 13.6. The third kappa shape index (κ3) is 4.86. The lowest BCUT2D eigenvalue weighted by Gasteiger charge is -2.22. The van der Waals surface area contributed by atoms with Crippen LogP contribution in [0.3, 0.4) is 0 Å². The minimum absolute atomic E-state index is 0.173. The number of hydrogen-bond acceptors (Lipinski definition) is 7. The number of benzene rings is 1. The van der Waals surface area contributed by atoms with Crippen LogP contribution in [-0.2, 0) is 4.74 Å². The average molecular weight is 424 g/mol. The summed E-state index contributed by atoms with van der Waals surface area (Å²) in [5.41, 5.74) is 7.87. The zero-order valence-corrected chi connectivity index (χ0v) is 17.2. The molecule has 0 saturated heterocycles. The second-order valence-electron chi connectivity index (χ2n) is 6.57. The van der Waals surface area contributed by atoms with Gasteiger partial charge in [-0.25, -0.2) is 14.2 Å². The van der Waals surface area contributed by atoms with Gasteiger partial charge in [0.1, 0.15) is 11.6 Å². The van der Waals surface area contributed by atoms with E-state index in [9.17, 15) is 14.0 Å². The van der Waals surface area contributed by atoms with Crippen LogP contribution in [0.25, 0.3) is 0 Å². The lowest BCUT2D eigenvalue weighted by molar-refractivity contribution is 0.100. The monoisotopic (exact) mass is 424 g/mol. The highest BCUT2D eigenvalue weighted by Crippen LogP contribution is 2.30. The molecule has 0 spiro atoms. The molecule has 2 aromatic heterocycles. The van der Waals surface area contributed by atoms with Crippen LogP contribution in [-0.4, -0.2) is 43.2 Å². The van der Waals surface area contributed by atoms with Crippen molar-refractivity contribution in [2.45, 2.75) is 0 Å². The Morgan fingerprint density at radius 1 is 1.06 bits per heavy atom. The van der Waals surface area contributed by atoms with Gasteiger partial charge in [-0.3, -0.25) is 14.7 Å². The van der Waals surface area contributed by atoms with Crippen molar-refractivity contribution in [1.82, 2.24) is 9.97 Å². The van der Waals surface area contributed by atoms with Crippen LogP contribution in [0, 0.1) is 5.82 Å². The fourth-order valence-corrected chi connectivity index (χ4v) is 2.86. The first-order valence-electron chi connectivity index (χ1n) is 9.13. The molecule has 0 radical (unpaired) electrons. The van der Waals surface area contributed by atoms with Crippen LogP contribution in [0.1, 0.15) is 10.4 Å². The number of primary amides is 1. The molecule has 2 heterocycles. The van der Waals surface area contributed by atoms with E-state index in [0.29, 0.717) is 28.6 Å². The molecule has 0 aliphatic heterocycles. The lowest BCUT2D eigenvalue weighted by atomic mass is 10.2. The summed E-state index contributed by atoms with van der Waals surface area (Å²) >= 11 is 0. The van der Waals surface area contributed by atoms with Gasteiger partial charge in [-0.1, -0.05) is 0 Å². The van der Waals surface area contributed by atoms with Crippen molar-refractivity contribution in [2.75, 3.05) is 36.3 Å². The summed E-state index contributed by atoms with van der Waals surface area (Å²) < 4.78 is 18.3. The number of hydrogen-bond donors (Lipinski definition) is 2. The number of halogens is 1. The van der Waals surface area contributed by atoms with E-state index in [1.807, 2.05) is 0 Å². The van der Waals surface area contributed by atoms with Gasteiger partial charge in [-0.05, 0) is 24.3 Å². The van der Waals surface area contributed by atoms with Gasteiger partial charge in [0, 0.05) is 43.8 Å². The maximum Gasteiger partial charge on any atom is 0.413 e. The summed E-state index contributed by atoms with van der Waals surface area (Å²) in [5.74, 6) is -0.736. The molecular formula is C21H21FN6O3. The molecule has 3 N–H and O–H groups in total. The number of nitrogens with zero attached hydrogens (tertiary/aromatic N) is 4. The van der Waals surface area contributed by atoms with Gasteiger partial charge in [0.25, 0.3) is 5.91 Å². The van der Waals surface area contributed by atoms with Crippen LogP contribution in [0.15, 0.2) is 55.0 Å². The first-order valence-corrected chi connectivity index (χ1v) is 9.13. The van der Waals surface area contributed by atoms with Gasteiger partial charge in [-0.2, -0.15) is 0 Å². The highest BCUT2D eigenvalue weighted by Gasteiger charge is 2.16. The zero-order chi connectivity index (χ0) is 22.5. The first kappa shape index (κ1) is 21.5. The Hall–Kier alpha value is -4.21. The Morgan fingerprint density at radius 2 is 1.77 bits per heavy atom. The number of methoxy groups -OCH3 is 1. The molecule has 0 unspecified atom stereocenters. The van der Waals surface area contributed by atoms with Crippen LogP contribution >= 0.6 is 0 Å². The lowest BCUT2D eigenvalue weighted by Crippen LogP contribution is -2.25. The number of pyridine rings is 2. The molecule has 1 aromatic carbocycles. The van der Waals surface area contributed by atoms with Gasteiger partial charge in [0.15, 0.2) is 0 Å². The Kier molecular flexibility index (Phi) is 6.29. The quantitative estimate of drug-likeness (QED) is 0.623. The first-order chi connectivity index (χ1) is 14.8. The molecule has 31 heavy (non-hydrogen) atoms. The number of rotatable bonds is 6. The third-order valence-corrected chi connectivity index (χ3v) is 4.56. The SMILES string of the molecule is COC(=O)N(C)c1ccc(Nc2cc(N(C)c3cncc(F)c3)c(C(N)=O)cn2)cc1. The van der Waals surface area contributed by atoms with E-state index in [4.69, 9.17) is 10.5 Å². The number of amides is 2. The van der Waals surface area contributed by atoms with Crippen molar-refractivity contribution in [1.29, 1.82) is 0 Å². The van der Waals surface area contributed by atoms with E-state index < -0.39 is 17.8 Å². The molecule has 0 aliphatic carbocycles. The normalized spacial score (nSPS) is 10.3. The van der Waals surface area contributed by atoms with E-state index in [0.717, 1.165) is 6.20 Å². The smallest absolute Gasteiger partial charge is 0.413 e. The summed E-state index contributed by atoms with van der Waals surface area (Å²) in [4.78, 5) is 34.5. The van der Waals surface area contributed by atoms with Crippen LogP contribution in [0.2, 0.25) is 0 Å². The number of carbonyl (C=O) groups is 2. The van der Waals surface area contributed by atoms with Crippen LogP contribution in [0.4, 0.5) is 37.8 Å². The standard InChI is InChI=1S/C21H21FN6O3/c1-27(16-8-13(22)10-24-11-16)18-9-19(25-12-17(18)20(23)29)26-14-4-6-15(7-5-14)28(2)21(30)31-3/h4-12H,1-3H3,(H2,23,29)(H,25,26). The van der Waals surface area contributed by atoms with Crippen molar-refractivity contribution in [3.63, 3.8) is 0 Å². The van der Waals surface area contributed by atoms with Crippen molar-refractivity contribution >= 4 is 40.6 Å². The fourth-order valence-electron chi connectivity index (χ4n) is 2.86. The summed E-state index contributed by atoms with van der Waals surface area (Å²) in [6.45, 7) is 0. The fraction of sp³-hybridized carbons (Fsp3) is 0.143. The number of anilines is 5. The van der Waals surface area contributed by atoms with E-state index in [1.165, 1.54) is 30.5 Å². The van der Waals surface area contributed by atoms with E-state index in [1.54, 1.807) is 49.3 Å². The third-order valence-electron chi connectivity index (χ3n) is 4.56. The molecule has 0 bridgehead atoms. The topological polar surface area (TPSA) is 114 Å². The van der Waals surface area contributed by atoms with Gasteiger partial charge >= 0.3 is 6.09 Å². The molecule has 0 saturated carbocycles. The van der Waals surface area contributed by atoms with Gasteiger partial charge in [0.2, 0.25) is 0 Å². The van der Waals surface area contributed by atoms with E-state index in [2.05, 4.69) is 15.3 Å². The number of nitrogens with one attached hydrogen (secondary N) is 1. The zero-order valence-electron chi connectivity index (χ0n) is 17.2. The molecule has 3 rings (SSSR count). The van der Waals surface area contributed by atoms with Crippen LogP contribution in [0.5, 0.6) is 0 Å². The summed E-state index contributed by atoms with van der Waals surface area (Å²) in [5, 5.41) is 3.12. The van der Waals surface area contributed by atoms with E-state index >= 15 is 0 Å². The van der Waals surface area contributed by atoms with Gasteiger partial charge < -0.3 is 20.7 Å². The number of nitrogens with two attached hydrogens (primary N) is 1. The highest BCUT2D eigenvalue weighted by atomic mass is 19.1. The molecule has 9 nitrogen and oxygen atoms in total. The van der Waals surface area contributed by atoms with E-state index in [-0.39, 0.29) is 5.56 Å². The highest BCUT2D eigenvalue weighted by molar-refractivity contribution is 5.99. The molecule has 3 aromatic rings. The minimum Gasteiger partial charge on any atom is -0.452 e. The number of carbonyl (C=O) groups excluding carboxylic acids is 2. The van der Waals surface area contributed by atoms with Crippen molar-refractivity contribution < 1.29 is 18.7 Å². The molecular weight excluding hydrogens is 403 g/mol.